The number of hydrogen-bond acceptors (Lipinski definition) is 3. The van der Waals surface area contributed by atoms with E-state index >= 15 is 0 Å². The van der Waals surface area contributed by atoms with Crippen molar-refractivity contribution in [1.29, 1.82) is 0 Å². The van der Waals surface area contributed by atoms with Crippen LogP contribution in [0.15, 0.2) is 47.4 Å². The van der Waals surface area contributed by atoms with Gasteiger partial charge in [-0.15, -0.1) is 0 Å². The molecule has 1 atom stereocenters. The molecule has 5 heteroatoms. The molecule has 2 aromatic rings. The van der Waals surface area contributed by atoms with Crippen LogP contribution in [0.1, 0.15) is 45.9 Å². The second kappa shape index (κ2) is 6.40. The Morgan fingerprint density at radius 3 is 2.50 bits per heavy atom. The SMILES string of the molecule is Cc1ccc2c(c1)CCC[C@H]2NC(=O)c1ccc(S(C)(=O)=O)cc1. The van der Waals surface area contributed by atoms with E-state index in [-0.39, 0.29) is 16.8 Å². The average Bonchev–Trinajstić information content (AvgIpc) is 2.54. The van der Waals surface area contributed by atoms with Gasteiger partial charge >= 0.3 is 0 Å². The van der Waals surface area contributed by atoms with Crippen molar-refractivity contribution >= 4 is 15.7 Å². The van der Waals surface area contributed by atoms with Crippen LogP contribution in [0.4, 0.5) is 0 Å². The van der Waals surface area contributed by atoms with Crippen LogP contribution in [-0.2, 0) is 16.3 Å². The van der Waals surface area contributed by atoms with Crippen molar-refractivity contribution in [2.75, 3.05) is 6.26 Å². The van der Waals surface area contributed by atoms with Gasteiger partial charge < -0.3 is 5.32 Å². The van der Waals surface area contributed by atoms with Gasteiger partial charge in [-0.3, -0.25) is 4.79 Å². The lowest BCUT2D eigenvalue weighted by Gasteiger charge is -2.26. The maximum absolute atomic E-state index is 12.5. The standard InChI is InChI=1S/C19H21NO3S/c1-13-6-11-17-15(12-13)4-3-5-18(17)20-19(21)14-7-9-16(10-8-14)24(2,22)23/h6-12,18H,3-5H2,1-2H3,(H,20,21)/t18-/m1/s1. The van der Waals surface area contributed by atoms with Crippen LogP contribution in [0.5, 0.6) is 0 Å². The lowest BCUT2D eigenvalue weighted by atomic mass is 9.86. The van der Waals surface area contributed by atoms with Crippen molar-refractivity contribution in [1.82, 2.24) is 5.32 Å². The lowest BCUT2D eigenvalue weighted by Crippen LogP contribution is -2.31. The highest BCUT2D eigenvalue weighted by Crippen LogP contribution is 2.30. The molecule has 0 saturated carbocycles. The normalized spacial score (nSPS) is 17.2. The Morgan fingerprint density at radius 2 is 1.83 bits per heavy atom. The molecule has 0 unspecified atom stereocenters. The van der Waals surface area contributed by atoms with Crippen LogP contribution in [0.3, 0.4) is 0 Å². The summed E-state index contributed by atoms with van der Waals surface area (Å²) in [5, 5.41) is 3.08. The molecule has 1 N–H and O–H groups in total. The molecule has 4 nitrogen and oxygen atoms in total. The molecule has 1 amide bonds. The Labute approximate surface area is 142 Å². The summed E-state index contributed by atoms with van der Waals surface area (Å²) in [6.45, 7) is 2.08. The first-order valence-corrected chi connectivity index (χ1v) is 9.94. The second-order valence-electron chi connectivity index (χ2n) is 6.42. The predicted molar refractivity (Wildman–Crippen MR) is 93.9 cm³/mol. The first kappa shape index (κ1) is 16.7. The molecule has 126 valence electrons. The van der Waals surface area contributed by atoms with Crippen LogP contribution in [0, 0.1) is 6.92 Å². The quantitative estimate of drug-likeness (QED) is 0.931. The van der Waals surface area contributed by atoms with Gasteiger partial charge in [-0.2, -0.15) is 0 Å². The van der Waals surface area contributed by atoms with Gasteiger partial charge in [-0.1, -0.05) is 23.8 Å². The fraction of sp³-hybridized carbons (Fsp3) is 0.316. The van der Waals surface area contributed by atoms with E-state index in [1.807, 2.05) is 0 Å². The molecule has 0 aliphatic heterocycles. The van der Waals surface area contributed by atoms with Crippen molar-refractivity contribution in [2.45, 2.75) is 37.1 Å². The fourth-order valence-electron chi connectivity index (χ4n) is 3.19. The first-order valence-electron chi connectivity index (χ1n) is 8.05. The van der Waals surface area contributed by atoms with Gasteiger partial charge in [0, 0.05) is 11.8 Å². The fourth-order valence-corrected chi connectivity index (χ4v) is 3.82. The van der Waals surface area contributed by atoms with Crippen molar-refractivity contribution in [3.63, 3.8) is 0 Å². The summed E-state index contributed by atoms with van der Waals surface area (Å²) in [5.74, 6) is -0.173. The van der Waals surface area contributed by atoms with Gasteiger partial charge in [0.1, 0.15) is 0 Å². The minimum Gasteiger partial charge on any atom is -0.345 e. The smallest absolute Gasteiger partial charge is 0.251 e. The third-order valence-electron chi connectivity index (χ3n) is 4.46. The number of benzene rings is 2. The van der Waals surface area contributed by atoms with Crippen LogP contribution in [-0.4, -0.2) is 20.6 Å². The van der Waals surface area contributed by atoms with Gasteiger partial charge in [0.2, 0.25) is 0 Å². The van der Waals surface area contributed by atoms with Crippen LogP contribution in [0.2, 0.25) is 0 Å². The number of carbonyl (C=O) groups is 1. The molecule has 1 aliphatic rings. The molecule has 0 aromatic heterocycles. The van der Waals surface area contributed by atoms with E-state index in [0.29, 0.717) is 5.56 Å². The van der Waals surface area contributed by atoms with E-state index in [4.69, 9.17) is 0 Å². The molecular formula is C19H21NO3S. The molecule has 0 saturated heterocycles. The van der Waals surface area contributed by atoms with Gasteiger partial charge in [0.25, 0.3) is 5.91 Å². The highest BCUT2D eigenvalue weighted by Gasteiger charge is 2.22. The maximum atomic E-state index is 12.5. The summed E-state index contributed by atoms with van der Waals surface area (Å²) in [5.41, 5.74) is 4.20. The van der Waals surface area contributed by atoms with Crippen LogP contribution in [0.25, 0.3) is 0 Å². The topological polar surface area (TPSA) is 63.2 Å². The monoisotopic (exact) mass is 343 g/mol. The molecule has 0 spiro atoms. The van der Waals surface area contributed by atoms with E-state index in [9.17, 15) is 13.2 Å². The van der Waals surface area contributed by atoms with Crippen molar-refractivity contribution < 1.29 is 13.2 Å². The molecule has 1 aliphatic carbocycles. The lowest BCUT2D eigenvalue weighted by molar-refractivity contribution is 0.0932. The van der Waals surface area contributed by atoms with E-state index < -0.39 is 9.84 Å². The predicted octanol–water partition coefficient (Wildman–Crippen LogP) is 3.21. The van der Waals surface area contributed by atoms with E-state index in [1.165, 1.54) is 28.8 Å². The summed E-state index contributed by atoms with van der Waals surface area (Å²) in [6.07, 6.45) is 4.17. The minimum absolute atomic E-state index is 0.0106. The number of sulfone groups is 1. The highest BCUT2D eigenvalue weighted by molar-refractivity contribution is 7.90. The molecule has 2 aromatic carbocycles. The number of carbonyl (C=O) groups excluding carboxylic acids is 1. The summed E-state index contributed by atoms with van der Waals surface area (Å²) in [7, 11) is -3.25. The molecule has 3 rings (SSSR count). The summed E-state index contributed by atoms with van der Waals surface area (Å²) in [4.78, 5) is 12.7. The largest absolute Gasteiger partial charge is 0.345 e. The minimum atomic E-state index is -3.25. The molecule has 0 heterocycles. The Morgan fingerprint density at radius 1 is 1.12 bits per heavy atom. The summed E-state index contributed by atoms with van der Waals surface area (Å²) >= 11 is 0. The number of nitrogens with one attached hydrogen (secondary N) is 1. The summed E-state index contributed by atoms with van der Waals surface area (Å²) in [6, 6.07) is 12.4. The van der Waals surface area contributed by atoms with Crippen LogP contribution >= 0.6 is 0 Å². The van der Waals surface area contributed by atoms with Crippen molar-refractivity contribution in [2.24, 2.45) is 0 Å². The van der Waals surface area contributed by atoms with Gasteiger partial charge in [-0.05, 0) is 61.6 Å². The zero-order chi connectivity index (χ0) is 17.3. The molecule has 24 heavy (non-hydrogen) atoms. The van der Waals surface area contributed by atoms with Gasteiger partial charge in [-0.25, -0.2) is 8.42 Å². The van der Waals surface area contributed by atoms with Crippen molar-refractivity contribution in [3.8, 4) is 0 Å². The number of amides is 1. The Balaban J connectivity index is 1.79. The Kier molecular flexibility index (Phi) is 4.45. The Bertz CT molecular complexity index is 870. The third kappa shape index (κ3) is 3.51. The molecular weight excluding hydrogens is 322 g/mol. The molecule has 0 radical (unpaired) electrons. The zero-order valence-electron chi connectivity index (χ0n) is 13.9. The average molecular weight is 343 g/mol. The molecule has 0 bridgehead atoms. The van der Waals surface area contributed by atoms with E-state index in [2.05, 4.69) is 30.4 Å². The molecule has 0 fully saturated rings. The van der Waals surface area contributed by atoms with Crippen LogP contribution < -0.4 is 5.32 Å². The number of aryl methyl sites for hydroxylation is 2. The van der Waals surface area contributed by atoms with E-state index in [0.717, 1.165) is 25.5 Å². The number of fused-ring (bicyclic) bond motifs is 1. The second-order valence-corrected chi connectivity index (χ2v) is 8.43. The van der Waals surface area contributed by atoms with Gasteiger partial charge in [0.15, 0.2) is 9.84 Å². The summed E-state index contributed by atoms with van der Waals surface area (Å²) < 4.78 is 23.0. The Hall–Kier alpha value is -2.14. The van der Waals surface area contributed by atoms with Gasteiger partial charge in [0.05, 0.1) is 10.9 Å². The number of rotatable bonds is 3. The van der Waals surface area contributed by atoms with E-state index in [1.54, 1.807) is 12.1 Å². The zero-order valence-corrected chi connectivity index (χ0v) is 14.7. The maximum Gasteiger partial charge on any atom is 0.251 e. The number of hydrogen-bond donors (Lipinski definition) is 1. The highest BCUT2D eigenvalue weighted by atomic mass is 32.2. The van der Waals surface area contributed by atoms with Crippen molar-refractivity contribution in [3.05, 3.63) is 64.7 Å². The first-order chi connectivity index (χ1) is 11.3. The third-order valence-corrected chi connectivity index (χ3v) is 5.59.